The average molecular weight is 749 g/mol. The molecule has 2 heterocycles. The number of nitrogens with zero attached hydrogens (tertiary/aromatic N) is 3. The standard InChI is InChI=1S/C45H44N3O.Pd/c1-27(2)33-23-36(48-32(7)44(31(6)46-48)43-29(4)21-34(22-30(43)5)45(8,9)10)25-38(24-33)49-37-18-19-40-39-16-11-12-17-41(39)47(42(40)26-37)35-15-13-14-28(3)20-35;/h11-14,16-24,27H,1-10H3;/q-3;. The van der Waals surface area contributed by atoms with Gasteiger partial charge < -0.3 is 9.30 Å². The van der Waals surface area contributed by atoms with E-state index in [1.54, 1.807) is 0 Å². The first-order chi connectivity index (χ1) is 23.3. The molecule has 0 saturated carbocycles. The van der Waals surface area contributed by atoms with Gasteiger partial charge in [-0.1, -0.05) is 83.1 Å². The van der Waals surface area contributed by atoms with E-state index in [0.29, 0.717) is 11.5 Å². The van der Waals surface area contributed by atoms with Crippen LogP contribution in [-0.2, 0) is 25.8 Å². The summed E-state index contributed by atoms with van der Waals surface area (Å²) in [5.41, 5.74) is 14.7. The molecule has 5 heteroatoms. The van der Waals surface area contributed by atoms with Crippen LogP contribution >= 0.6 is 0 Å². The van der Waals surface area contributed by atoms with E-state index in [1.165, 1.54) is 38.8 Å². The van der Waals surface area contributed by atoms with Crippen molar-refractivity contribution in [2.75, 3.05) is 0 Å². The third-order valence-electron chi connectivity index (χ3n) is 9.65. The number of aromatic nitrogens is 3. The SMILES string of the molecule is Cc1cc[c-]c(-n2c3[c-]c(Oc4[c-]c(-n5nc(C)c(-c6c(C)cc(C(C)(C)C)cc6C)c5C)cc(C(C)C)c4)ccc3c3ccccc32)c1.[Pd]. The number of rotatable bonds is 6. The molecule has 0 unspecified atom stereocenters. The van der Waals surface area contributed by atoms with E-state index in [9.17, 15) is 0 Å². The van der Waals surface area contributed by atoms with Crippen LogP contribution in [0, 0.1) is 52.8 Å². The Morgan fingerprint density at radius 2 is 1.46 bits per heavy atom. The second-order valence-electron chi connectivity index (χ2n) is 14.8. The Kier molecular flexibility index (Phi) is 9.46. The zero-order valence-corrected chi connectivity index (χ0v) is 32.2. The summed E-state index contributed by atoms with van der Waals surface area (Å²) in [5, 5.41) is 7.38. The average Bonchev–Trinajstić information content (AvgIpc) is 3.53. The van der Waals surface area contributed by atoms with Gasteiger partial charge >= 0.3 is 0 Å². The number of fused-ring (bicyclic) bond motifs is 3. The third kappa shape index (κ3) is 6.34. The molecule has 5 aromatic carbocycles. The van der Waals surface area contributed by atoms with Crippen LogP contribution < -0.4 is 4.74 Å². The molecule has 0 spiro atoms. The molecule has 0 fully saturated rings. The Labute approximate surface area is 310 Å². The maximum atomic E-state index is 6.62. The molecule has 4 nitrogen and oxygen atoms in total. The first kappa shape index (κ1) is 35.4. The quantitative estimate of drug-likeness (QED) is 0.125. The van der Waals surface area contributed by atoms with Crippen molar-refractivity contribution in [3.05, 3.63) is 136 Å². The topological polar surface area (TPSA) is 32.0 Å². The zero-order valence-electron chi connectivity index (χ0n) is 30.6. The summed E-state index contributed by atoms with van der Waals surface area (Å²) in [4.78, 5) is 0. The molecule has 0 atom stereocenters. The van der Waals surface area contributed by atoms with Crippen molar-refractivity contribution < 1.29 is 25.2 Å². The Balaban J connectivity index is 0.00000432. The zero-order chi connectivity index (χ0) is 34.8. The molecular formula is C45H44N3OPd-3. The van der Waals surface area contributed by atoms with Gasteiger partial charge in [0.1, 0.15) is 0 Å². The maximum absolute atomic E-state index is 6.62. The molecule has 0 amide bonds. The van der Waals surface area contributed by atoms with Gasteiger partial charge in [0.25, 0.3) is 0 Å². The summed E-state index contributed by atoms with van der Waals surface area (Å²) < 4.78 is 10.9. The largest absolute Gasteiger partial charge is 0.509 e. The van der Waals surface area contributed by atoms with Crippen molar-refractivity contribution in [1.29, 1.82) is 0 Å². The maximum Gasteiger partial charge on any atom is 0.0678 e. The number of para-hydroxylation sites is 1. The molecule has 0 aliphatic rings. The molecule has 258 valence electrons. The van der Waals surface area contributed by atoms with Crippen LogP contribution in [0.3, 0.4) is 0 Å². The van der Waals surface area contributed by atoms with Gasteiger partial charge in [0.15, 0.2) is 0 Å². The van der Waals surface area contributed by atoms with E-state index >= 15 is 0 Å². The monoisotopic (exact) mass is 748 g/mol. The first-order valence-electron chi connectivity index (χ1n) is 17.2. The van der Waals surface area contributed by atoms with Gasteiger partial charge in [-0.3, -0.25) is 4.68 Å². The fourth-order valence-electron chi connectivity index (χ4n) is 7.08. The van der Waals surface area contributed by atoms with Crippen molar-refractivity contribution in [3.8, 4) is 34.0 Å². The number of aryl methyl sites for hydroxylation is 4. The molecule has 0 radical (unpaired) electrons. The van der Waals surface area contributed by atoms with Crippen LogP contribution in [0.15, 0.2) is 78.9 Å². The van der Waals surface area contributed by atoms with E-state index in [-0.39, 0.29) is 31.8 Å². The molecule has 0 bridgehead atoms. The number of benzene rings is 5. The predicted molar refractivity (Wildman–Crippen MR) is 203 cm³/mol. The fraction of sp³-hybridized carbons (Fsp3) is 0.267. The van der Waals surface area contributed by atoms with Gasteiger partial charge in [-0.05, 0) is 78.4 Å². The predicted octanol–water partition coefficient (Wildman–Crippen LogP) is 11.8. The summed E-state index contributed by atoms with van der Waals surface area (Å²) in [5.74, 6) is 1.55. The minimum absolute atomic E-state index is 0. The van der Waals surface area contributed by atoms with Crippen molar-refractivity contribution in [2.45, 2.75) is 80.6 Å². The van der Waals surface area contributed by atoms with Crippen molar-refractivity contribution in [3.63, 3.8) is 0 Å². The van der Waals surface area contributed by atoms with Crippen LogP contribution in [-0.4, -0.2) is 14.3 Å². The molecule has 7 aromatic rings. The van der Waals surface area contributed by atoms with Crippen molar-refractivity contribution in [1.82, 2.24) is 14.3 Å². The molecule has 0 aliphatic heterocycles. The summed E-state index contributed by atoms with van der Waals surface area (Å²) >= 11 is 0. The van der Waals surface area contributed by atoms with Crippen LogP contribution in [0.4, 0.5) is 0 Å². The van der Waals surface area contributed by atoms with E-state index in [4.69, 9.17) is 9.84 Å². The molecular weight excluding hydrogens is 705 g/mol. The Bertz CT molecular complexity index is 2360. The summed E-state index contributed by atoms with van der Waals surface area (Å²) in [6.45, 7) is 22.0. The van der Waals surface area contributed by atoms with E-state index in [1.807, 2.05) is 16.8 Å². The Hall–Kier alpha value is -4.43. The van der Waals surface area contributed by atoms with Crippen molar-refractivity contribution in [2.24, 2.45) is 0 Å². The number of ether oxygens (including phenoxy) is 1. The van der Waals surface area contributed by atoms with Crippen LogP contribution in [0.1, 0.15) is 79.7 Å². The second-order valence-corrected chi connectivity index (χ2v) is 14.8. The minimum atomic E-state index is 0. The molecule has 0 saturated heterocycles. The summed E-state index contributed by atoms with van der Waals surface area (Å²) in [6, 6.07) is 38.4. The molecule has 2 aromatic heterocycles. The van der Waals surface area contributed by atoms with Crippen LogP contribution in [0.25, 0.3) is 44.3 Å². The van der Waals surface area contributed by atoms with Gasteiger partial charge in [0.2, 0.25) is 0 Å². The van der Waals surface area contributed by atoms with E-state index in [0.717, 1.165) is 44.7 Å². The van der Waals surface area contributed by atoms with Gasteiger partial charge in [-0.2, -0.15) is 34.9 Å². The number of hydrogen-bond acceptors (Lipinski definition) is 2. The van der Waals surface area contributed by atoms with Crippen LogP contribution in [0.5, 0.6) is 11.5 Å². The van der Waals surface area contributed by atoms with E-state index < -0.39 is 0 Å². The van der Waals surface area contributed by atoms with Crippen LogP contribution in [0.2, 0.25) is 0 Å². The smallest absolute Gasteiger partial charge is 0.0678 e. The molecule has 0 N–H and O–H groups in total. The Morgan fingerprint density at radius 3 is 2.14 bits per heavy atom. The van der Waals surface area contributed by atoms with Gasteiger partial charge in [-0.15, -0.1) is 47.3 Å². The minimum Gasteiger partial charge on any atom is -0.509 e. The molecule has 0 aliphatic carbocycles. The Morgan fingerprint density at radius 1 is 0.740 bits per heavy atom. The van der Waals surface area contributed by atoms with Crippen molar-refractivity contribution >= 4 is 21.8 Å². The van der Waals surface area contributed by atoms with Gasteiger partial charge in [0.05, 0.1) is 5.69 Å². The summed E-state index contributed by atoms with van der Waals surface area (Å²) in [6.07, 6.45) is 0. The number of hydrogen-bond donors (Lipinski definition) is 0. The van der Waals surface area contributed by atoms with E-state index in [2.05, 4.69) is 159 Å². The fourth-order valence-corrected chi connectivity index (χ4v) is 7.08. The van der Waals surface area contributed by atoms with Gasteiger partial charge in [0, 0.05) is 48.7 Å². The first-order valence-corrected chi connectivity index (χ1v) is 17.2. The molecule has 50 heavy (non-hydrogen) atoms. The van der Waals surface area contributed by atoms with Gasteiger partial charge in [-0.25, -0.2) is 0 Å². The third-order valence-corrected chi connectivity index (χ3v) is 9.65. The molecule has 7 rings (SSSR count). The summed E-state index contributed by atoms with van der Waals surface area (Å²) in [7, 11) is 0. The second kappa shape index (κ2) is 13.4. The normalized spacial score (nSPS) is 11.8.